The number of aromatic nitrogens is 4. The molecule has 2 rings (SSSR count). The zero-order valence-electron chi connectivity index (χ0n) is 10.6. The first-order valence-corrected chi connectivity index (χ1v) is 5.87. The lowest BCUT2D eigenvalue weighted by atomic mass is 10.4. The number of hydrogen-bond donors (Lipinski definition) is 1. The van der Waals surface area contributed by atoms with Gasteiger partial charge in [-0.15, -0.1) is 0 Å². The number of aryl methyl sites for hydroxylation is 1. The van der Waals surface area contributed by atoms with Gasteiger partial charge in [0.25, 0.3) is 0 Å². The predicted octanol–water partition coefficient (Wildman–Crippen LogP) is 1.48. The third kappa shape index (κ3) is 2.39. The summed E-state index contributed by atoms with van der Waals surface area (Å²) in [5.74, 6) is 0.976. The van der Waals surface area contributed by atoms with Gasteiger partial charge in [0, 0.05) is 25.0 Å². The molecule has 0 saturated heterocycles. The zero-order valence-corrected chi connectivity index (χ0v) is 10.6. The van der Waals surface area contributed by atoms with Crippen molar-refractivity contribution in [2.24, 2.45) is 5.73 Å². The van der Waals surface area contributed by atoms with Crippen LogP contribution in [0.2, 0.25) is 0 Å². The molecule has 0 fully saturated rings. The largest absolute Gasteiger partial charge is 0.325 e. The predicted molar refractivity (Wildman–Crippen MR) is 66.6 cm³/mol. The number of rotatable bonds is 4. The molecule has 0 amide bonds. The van der Waals surface area contributed by atoms with Crippen molar-refractivity contribution in [3.05, 3.63) is 35.7 Å². The van der Waals surface area contributed by atoms with Gasteiger partial charge in [0.1, 0.15) is 5.82 Å². The van der Waals surface area contributed by atoms with Gasteiger partial charge in [0.15, 0.2) is 0 Å². The second-order valence-corrected chi connectivity index (χ2v) is 4.47. The van der Waals surface area contributed by atoms with Gasteiger partial charge in [-0.2, -0.15) is 5.10 Å². The summed E-state index contributed by atoms with van der Waals surface area (Å²) in [5, 5.41) is 4.53. The Balaban J connectivity index is 2.22. The molecule has 0 aromatic carbocycles. The summed E-state index contributed by atoms with van der Waals surface area (Å²) in [6.45, 7) is 7.46. The first-order chi connectivity index (χ1) is 8.11. The molecular formula is C12H19N5. The van der Waals surface area contributed by atoms with Crippen LogP contribution in [0.25, 0.3) is 0 Å². The smallest absolute Gasteiger partial charge is 0.106 e. The molecule has 0 unspecified atom stereocenters. The van der Waals surface area contributed by atoms with Crippen LogP contribution in [-0.2, 0) is 13.1 Å². The van der Waals surface area contributed by atoms with Crippen LogP contribution in [0, 0.1) is 6.92 Å². The van der Waals surface area contributed by atoms with Crippen LogP contribution < -0.4 is 5.73 Å². The van der Waals surface area contributed by atoms with Crippen molar-refractivity contribution in [2.75, 3.05) is 0 Å². The molecule has 0 saturated carbocycles. The summed E-state index contributed by atoms with van der Waals surface area (Å²) in [6, 6.07) is 2.43. The van der Waals surface area contributed by atoms with Crippen molar-refractivity contribution in [2.45, 2.75) is 39.9 Å². The Bertz CT molecular complexity index is 495. The minimum atomic E-state index is 0.390. The van der Waals surface area contributed by atoms with Gasteiger partial charge >= 0.3 is 0 Å². The molecule has 0 radical (unpaired) electrons. The molecule has 17 heavy (non-hydrogen) atoms. The van der Waals surface area contributed by atoms with Crippen molar-refractivity contribution in [1.29, 1.82) is 0 Å². The molecule has 2 heterocycles. The number of hydrogen-bond acceptors (Lipinski definition) is 3. The number of imidazole rings is 1. The van der Waals surface area contributed by atoms with Crippen molar-refractivity contribution in [3.63, 3.8) is 0 Å². The Morgan fingerprint density at radius 3 is 2.76 bits per heavy atom. The van der Waals surface area contributed by atoms with Crippen LogP contribution in [0.4, 0.5) is 0 Å². The summed E-state index contributed by atoms with van der Waals surface area (Å²) in [6.07, 6.45) is 3.84. The molecule has 2 aromatic heterocycles. The second-order valence-electron chi connectivity index (χ2n) is 4.47. The van der Waals surface area contributed by atoms with Gasteiger partial charge in [0.05, 0.1) is 17.9 Å². The van der Waals surface area contributed by atoms with Crippen LogP contribution in [-0.4, -0.2) is 19.3 Å². The molecule has 0 aliphatic rings. The van der Waals surface area contributed by atoms with Gasteiger partial charge in [-0.05, 0) is 26.8 Å². The van der Waals surface area contributed by atoms with E-state index < -0.39 is 0 Å². The molecule has 0 aliphatic heterocycles. The minimum Gasteiger partial charge on any atom is -0.325 e. The highest BCUT2D eigenvalue weighted by molar-refractivity contribution is 5.09. The van der Waals surface area contributed by atoms with E-state index in [1.807, 2.05) is 30.1 Å². The van der Waals surface area contributed by atoms with Crippen LogP contribution in [0.1, 0.15) is 37.1 Å². The summed E-state index contributed by atoms with van der Waals surface area (Å²) >= 11 is 0. The highest BCUT2D eigenvalue weighted by Gasteiger charge is 2.08. The van der Waals surface area contributed by atoms with Crippen molar-refractivity contribution >= 4 is 0 Å². The van der Waals surface area contributed by atoms with E-state index in [0.29, 0.717) is 12.6 Å². The molecule has 5 nitrogen and oxygen atoms in total. The first kappa shape index (κ1) is 11.9. The summed E-state index contributed by atoms with van der Waals surface area (Å²) in [4.78, 5) is 4.27. The van der Waals surface area contributed by atoms with Crippen LogP contribution in [0.15, 0.2) is 18.5 Å². The first-order valence-electron chi connectivity index (χ1n) is 5.87. The topological polar surface area (TPSA) is 61.7 Å². The van der Waals surface area contributed by atoms with E-state index in [2.05, 4.69) is 28.5 Å². The van der Waals surface area contributed by atoms with Crippen LogP contribution in [0.5, 0.6) is 0 Å². The normalized spacial score (nSPS) is 11.4. The van der Waals surface area contributed by atoms with Gasteiger partial charge in [-0.1, -0.05) is 0 Å². The van der Waals surface area contributed by atoms with Gasteiger partial charge in [0.2, 0.25) is 0 Å². The van der Waals surface area contributed by atoms with E-state index >= 15 is 0 Å². The third-order valence-electron chi connectivity index (χ3n) is 2.86. The highest BCUT2D eigenvalue weighted by Crippen LogP contribution is 2.10. The van der Waals surface area contributed by atoms with Crippen molar-refractivity contribution < 1.29 is 0 Å². The number of nitrogens with two attached hydrogens (primary N) is 1. The maximum Gasteiger partial charge on any atom is 0.106 e. The number of nitrogens with zero attached hydrogens (tertiary/aromatic N) is 4. The lowest BCUT2D eigenvalue weighted by Crippen LogP contribution is -2.11. The molecule has 2 N–H and O–H groups in total. The highest BCUT2D eigenvalue weighted by atomic mass is 15.3. The van der Waals surface area contributed by atoms with E-state index in [9.17, 15) is 0 Å². The van der Waals surface area contributed by atoms with E-state index in [-0.39, 0.29) is 0 Å². The molecule has 5 heteroatoms. The summed E-state index contributed by atoms with van der Waals surface area (Å²) in [7, 11) is 0. The standard InChI is InChI=1S/C12H19N5/c1-9(2)17-5-4-11(15-17)8-16-10(3)14-7-12(16)6-13/h4-5,7,9H,6,8,13H2,1-3H3. The molecule has 92 valence electrons. The fraction of sp³-hybridized carbons (Fsp3) is 0.500. The lowest BCUT2D eigenvalue weighted by Gasteiger charge is -2.07. The van der Waals surface area contributed by atoms with E-state index in [4.69, 9.17) is 5.73 Å². The molecule has 0 spiro atoms. The summed E-state index contributed by atoms with van der Waals surface area (Å²) in [5.41, 5.74) is 7.76. The Hall–Kier alpha value is -1.62. The van der Waals surface area contributed by atoms with E-state index in [1.165, 1.54) is 0 Å². The van der Waals surface area contributed by atoms with Crippen LogP contribution >= 0.6 is 0 Å². The van der Waals surface area contributed by atoms with E-state index in [1.54, 1.807) is 0 Å². The van der Waals surface area contributed by atoms with Gasteiger partial charge < -0.3 is 10.3 Å². The summed E-state index contributed by atoms with van der Waals surface area (Å²) < 4.78 is 4.07. The molecule has 2 aromatic rings. The molecule has 0 aliphatic carbocycles. The van der Waals surface area contributed by atoms with Crippen molar-refractivity contribution in [1.82, 2.24) is 19.3 Å². The second kappa shape index (κ2) is 4.71. The SMILES string of the molecule is Cc1ncc(CN)n1Cc1ccn(C(C)C)n1. The Labute approximate surface area is 101 Å². The Morgan fingerprint density at radius 2 is 2.18 bits per heavy atom. The Kier molecular flexibility index (Phi) is 3.28. The fourth-order valence-corrected chi connectivity index (χ4v) is 1.81. The fourth-order valence-electron chi connectivity index (χ4n) is 1.81. The van der Waals surface area contributed by atoms with Gasteiger partial charge in [-0.25, -0.2) is 4.98 Å². The average molecular weight is 233 g/mol. The van der Waals surface area contributed by atoms with Gasteiger partial charge in [-0.3, -0.25) is 4.68 Å². The maximum atomic E-state index is 5.68. The van der Waals surface area contributed by atoms with Crippen molar-refractivity contribution in [3.8, 4) is 0 Å². The Morgan fingerprint density at radius 1 is 1.41 bits per heavy atom. The van der Waals surface area contributed by atoms with E-state index in [0.717, 1.165) is 23.8 Å². The minimum absolute atomic E-state index is 0.390. The lowest BCUT2D eigenvalue weighted by molar-refractivity contribution is 0.522. The van der Waals surface area contributed by atoms with Crippen LogP contribution in [0.3, 0.4) is 0 Å². The quantitative estimate of drug-likeness (QED) is 0.870. The third-order valence-corrected chi connectivity index (χ3v) is 2.86. The maximum absolute atomic E-state index is 5.68. The molecular weight excluding hydrogens is 214 g/mol. The monoisotopic (exact) mass is 233 g/mol. The zero-order chi connectivity index (χ0) is 12.4. The average Bonchev–Trinajstić information content (AvgIpc) is 2.88. The molecule has 0 bridgehead atoms. The molecule has 0 atom stereocenters.